The van der Waals surface area contributed by atoms with Gasteiger partial charge in [-0.25, -0.2) is 4.39 Å². The minimum atomic E-state index is -0.595. The molecule has 2 amide bonds. The number of hydrogen-bond acceptors (Lipinski definition) is 4. The monoisotopic (exact) mass is 449 g/mol. The highest BCUT2D eigenvalue weighted by Crippen LogP contribution is 2.30. The molecule has 0 spiro atoms. The van der Waals surface area contributed by atoms with Gasteiger partial charge in [0.15, 0.2) is 0 Å². The number of carbonyl (C=O) groups is 2. The van der Waals surface area contributed by atoms with Gasteiger partial charge in [0.25, 0.3) is 5.91 Å². The third kappa shape index (κ3) is 5.30. The maximum atomic E-state index is 13.6. The molecule has 4 rings (SSSR count). The summed E-state index contributed by atoms with van der Waals surface area (Å²) >= 11 is 0. The number of pyridine rings is 1. The van der Waals surface area contributed by atoms with Crippen LogP contribution in [0.2, 0.25) is 0 Å². The van der Waals surface area contributed by atoms with E-state index in [2.05, 4.69) is 4.98 Å². The van der Waals surface area contributed by atoms with Crippen molar-refractivity contribution in [2.75, 3.05) is 19.7 Å². The lowest BCUT2D eigenvalue weighted by Gasteiger charge is -2.33. The molecule has 2 N–H and O–H groups in total. The smallest absolute Gasteiger partial charge is 0.250 e. The van der Waals surface area contributed by atoms with Crippen LogP contribution in [0.5, 0.6) is 5.75 Å². The summed E-state index contributed by atoms with van der Waals surface area (Å²) in [6.07, 6.45) is 2.69. The molecule has 3 aromatic rings. The Morgan fingerprint density at radius 3 is 2.70 bits per heavy atom. The Labute approximate surface area is 192 Å². The normalized spacial score (nSPS) is 16.1. The Kier molecular flexibility index (Phi) is 6.87. The van der Waals surface area contributed by atoms with Gasteiger partial charge in [-0.1, -0.05) is 12.1 Å². The maximum Gasteiger partial charge on any atom is 0.250 e. The Bertz CT molecular complexity index is 1160. The molecule has 1 saturated heterocycles. The quantitative estimate of drug-likeness (QED) is 0.586. The van der Waals surface area contributed by atoms with Crippen LogP contribution in [-0.4, -0.2) is 41.4 Å². The molecular weight excluding hydrogens is 421 g/mol. The van der Waals surface area contributed by atoms with Crippen molar-refractivity contribution in [2.24, 2.45) is 5.73 Å². The minimum Gasteiger partial charge on any atom is -0.494 e. The van der Waals surface area contributed by atoms with E-state index < -0.39 is 11.7 Å². The predicted octanol–water partition coefficient (Wildman–Crippen LogP) is 4.21. The fraction of sp³-hybridized carbons (Fsp3) is 0.346. The van der Waals surface area contributed by atoms with E-state index in [9.17, 15) is 14.0 Å². The lowest BCUT2D eigenvalue weighted by molar-refractivity contribution is -0.132. The number of fused-ring (bicyclic) bond motifs is 1. The van der Waals surface area contributed by atoms with E-state index in [0.717, 1.165) is 24.2 Å². The number of amides is 2. The first-order valence-electron chi connectivity index (χ1n) is 11.3. The van der Waals surface area contributed by atoms with E-state index in [4.69, 9.17) is 10.5 Å². The van der Waals surface area contributed by atoms with Crippen LogP contribution in [0.15, 0.2) is 48.5 Å². The molecule has 0 saturated carbocycles. The van der Waals surface area contributed by atoms with Crippen molar-refractivity contribution in [3.05, 3.63) is 71.2 Å². The summed E-state index contributed by atoms with van der Waals surface area (Å²) in [5, 5.41) is 0.534. The van der Waals surface area contributed by atoms with E-state index in [1.54, 1.807) is 12.1 Å². The number of ether oxygens (including phenoxy) is 1. The standard InChI is InChI=1S/C26H28FN3O3/c1-2-33-21-9-5-17(6-10-21)7-12-24(31)30-13-3-4-18(16-30)25-22(26(28)32)15-19-14-20(27)8-11-23(19)29-25/h5-6,8-11,14-15,18H,2-4,7,12-13,16H2,1H3,(H2,28,32). The number of benzene rings is 2. The third-order valence-corrected chi connectivity index (χ3v) is 6.09. The van der Waals surface area contributed by atoms with Gasteiger partial charge >= 0.3 is 0 Å². The molecule has 0 bridgehead atoms. The molecule has 33 heavy (non-hydrogen) atoms. The van der Waals surface area contributed by atoms with E-state index in [1.165, 1.54) is 12.1 Å². The maximum absolute atomic E-state index is 13.6. The van der Waals surface area contributed by atoms with Crippen LogP contribution >= 0.6 is 0 Å². The summed E-state index contributed by atoms with van der Waals surface area (Å²) < 4.78 is 19.1. The van der Waals surface area contributed by atoms with Crippen LogP contribution in [0.1, 0.15) is 53.7 Å². The van der Waals surface area contributed by atoms with Crippen LogP contribution < -0.4 is 10.5 Å². The molecule has 0 radical (unpaired) electrons. The Balaban J connectivity index is 1.47. The van der Waals surface area contributed by atoms with Crippen molar-refractivity contribution in [3.63, 3.8) is 0 Å². The number of nitrogens with zero attached hydrogens (tertiary/aromatic N) is 2. The number of halogens is 1. The zero-order valence-corrected chi connectivity index (χ0v) is 18.7. The molecule has 0 aliphatic carbocycles. The minimum absolute atomic E-state index is 0.0806. The fourth-order valence-corrected chi connectivity index (χ4v) is 4.43. The first-order chi connectivity index (χ1) is 15.9. The van der Waals surface area contributed by atoms with Crippen LogP contribution in [0.25, 0.3) is 10.9 Å². The first-order valence-corrected chi connectivity index (χ1v) is 11.3. The van der Waals surface area contributed by atoms with Gasteiger partial charge in [0.2, 0.25) is 5.91 Å². The van der Waals surface area contributed by atoms with Crippen LogP contribution in [0.3, 0.4) is 0 Å². The summed E-state index contributed by atoms with van der Waals surface area (Å²) in [6.45, 7) is 3.73. The van der Waals surface area contributed by atoms with Crippen LogP contribution in [0, 0.1) is 5.82 Å². The highest BCUT2D eigenvalue weighted by Gasteiger charge is 2.28. The summed E-state index contributed by atoms with van der Waals surface area (Å²) in [5.74, 6) is -0.179. The van der Waals surface area contributed by atoms with Crippen LogP contribution in [-0.2, 0) is 11.2 Å². The lowest BCUT2D eigenvalue weighted by Crippen LogP contribution is -2.40. The molecule has 6 nitrogen and oxygen atoms in total. The molecule has 1 aliphatic rings. The Hall–Kier alpha value is -3.48. The molecular formula is C26H28FN3O3. The van der Waals surface area contributed by atoms with Crippen molar-refractivity contribution in [3.8, 4) is 5.75 Å². The SMILES string of the molecule is CCOc1ccc(CCC(=O)N2CCCC(c3nc4ccc(F)cc4cc3C(N)=O)C2)cc1. The van der Waals surface area contributed by atoms with Crippen molar-refractivity contribution in [1.29, 1.82) is 0 Å². The highest BCUT2D eigenvalue weighted by molar-refractivity contribution is 5.98. The summed E-state index contributed by atoms with van der Waals surface area (Å²) in [6, 6.07) is 13.7. The van der Waals surface area contributed by atoms with Gasteiger partial charge in [0.05, 0.1) is 23.4 Å². The molecule has 1 aromatic heterocycles. The number of carbonyl (C=O) groups excluding carboxylic acids is 2. The van der Waals surface area contributed by atoms with Gasteiger partial charge in [-0.3, -0.25) is 14.6 Å². The summed E-state index contributed by atoms with van der Waals surface area (Å²) in [7, 11) is 0. The Morgan fingerprint density at radius 1 is 1.18 bits per heavy atom. The second kappa shape index (κ2) is 9.98. The van der Waals surface area contributed by atoms with E-state index in [-0.39, 0.29) is 11.8 Å². The number of likely N-dealkylation sites (tertiary alicyclic amines) is 1. The van der Waals surface area contributed by atoms with Crippen molar-refractivity contribution in [2.45, 2.75) is 38.5 Å². The molecule has 1 atom stereocenters. The number of piperidine rings is 1. The van der Waals surface area contributed by atoms with Gasteiger partial charge in [0, 0.05) is 30.8 Å². The second-order valence-electron chi connectivity index (χ2n) is 8.38. The zero-order chi connectivity index (χ0) is 23.4. The van der Waals surface area contributed by atoms with Crippen molar-refractivity contribution < 1.29 is 18.7 Å². The second-order valence-corrected chi connectivity index (χ2v) is 8.38. The average Bonchev–Trinajstić information content (AvgIpc) is 2.82. The van der Waals surface area contributed by atoms with Gasteiger partial charge in [-0.05, 0) is 68.1 Å². The summed E-state index contributed by atoms with van der Waals surface area (Å²) in [5.41, 5.74) is 8.20. The van der Waals surface area contributed by atoms with Gasteiger partial charge < -0.3 is 15.4 Å². The van der Waals surface area contributed by atoms with E-state index in [0.29, 0.717) is 54.7 Å². The Morgan fingerprint density at radius 2 is 1.97 bits per heavy atom. The third-order valence-electron chi connectivity index (χ3n) is 6.09. The van der Waals surface area contributed by atoms with Crippen molar-refractivity contribution >= 4 is 22.7 Å². The first kappa shape index (κ1) is 22.7. The predicted molar refractivity (Wildman–Crippen MR) is 125 cm³/mol. The molecule has 1 unspecified atom stereocenters. The lowest BCUT2D eigenvalue weighted by atomic mass is 9.90. The molecule has 2 heterocycles. The number of primary amides is 1. The number of aromatic nitrogens is 1. The van der Waals surface area contributed by atoms with Gasteiger partial charge in [0.1, 0.15) is 11.6 Å². The van der Waals surface area contributed by atoms with E-state index >= 15 is 0 Å². The largest absolute Gasteiger partial charge is 0.494 e. The molecule has 172 valence electrons. The number of aryl methyl sites for hydroxylation is 1. The summed E-state index contributed by atoms with van der Waals surface area (Å²) in [4.78, 5) is 31.6. The zero-order valence-electron chi connectivity index (χ0n) is 18.7. The fourth-order valence-electron chi connectivity index (χ4n) is 4.43. The van der Waals surface area contributed by atoms with E-state index in [1.807, 2.05) is 36.1 Å². The van der Waals surface area contributed by atoms with Crippen LogP contribution in [0.4, 0.5) is 4.39 Å². The molecule has 2 aromatic carbocycles. The number of rotatable bonds is 7. The topological polar surface area (TPSA) is 85.5 Å². The highest BCUT2D eigenvalue weighted by atomic mass is 19.1. The molecule has 7 heteroatoms. The van der Waals surface area contributed by atoms with Gasteiger partial charge in [-0.15, -0.1) is 0 Å². The van der Waals surface area contributed by atoms with Crippen molar-refractivity contribution in [1.82, 2.24) is 9.88 Å². The number of nitrogens with two attached hydrogens (primary N) is 1. The molecule has 1 fully saturated rings. The number of hydrogen-bond donors (Lipinski definition) is 1. The average molecular weight is 450 g/mol. The van der Waals surface area contributed by atoms with Gasteiger partial charge in [-0.2, -0.15) is 0 Å². The molecule has 1 aliphatic heterocycles.